The molecule has 5 rings (SSSR count). The molecular weight excluding hydrogens is 432 g/mol. The second kappa shape index (κ2) is 10.1. The molecule has 35 heavy (non-hydrogen) atoms. The first kappa shape index (κ1) is 23.3. The van der Waals surface area contributed by atoms with E-state index < -0.39 is 0 Å². The van der Waals surface area contributed by atoms with Gasteiger partial charge in [-0.1, -0.05) is 60.7 Å². The number of rotatable bonds is 6. The number of pyridine rings is 1. The predicted molar refractivity (Wildman–Crippen MR) is 143 cm³/mol. The van der Waals surface area contributed by atoms with E-state index in [0.29, 0.717) is 6.04 Å². The molecule has 3 N–H and O–H groups in total. The molecule has 180 valence electrons. The van der Waals surface area contributed by atoms with Crippen molar-refractivity contribution in [3.05, 3.63) is 111 Å². The standard InChI is InChI=1S/C30H34N4O/c1-22-27(30(35)26-20-25(32(2)3)14-15-28(26)31-22)21-33-16-18-34(19-17-33)29(23-10-6-4-7-11-23)24-12-8-5-9-13-24/h4-15,20,29H,16-19,21H2,1-3H3,(H,31,35)/p+2. The van der Waals surface area contributed by atoms with E-state index >= 15 is 0 Å². The Bertz CT molecular complexity index is 1300. The lowest BCUT2D eigenvalue weighted by atomic mass is 9.96. The van der Waals surface area contributed by atoms with Gasteiger partial charge in [0.15, 0.2) is 5.43 Å². The zero-order valence-corrected chi connectivity index (χ0v) is 21.0. The Morgan fingerprint density at radius 1 is 0.857 bits per heavy atom. The Kier molecular flexibility index (Phi) is 6.71. The molecular formula is C30H36N4O+2. The van der Waals surface area contributed by atoms with E-state index in [4.69, 9.17) is 0 Å². The van der Waals surface area contributed by atoms with Crippen LogP contribution in [0.3, 0.4) is 0 Å². The number of benzene rings is 3. The zero-order chi connectivity index (χ0) is 24.4. The molecule has 4 aromatic rings. The first-order chi connectivity index (χ1) is 17.0. The molecule has 2 heterocycles. The molecule has 0 unspecified atom stereocenters. The van der Waals surface area contributed by atoms with Crippen molar-refractivity contribution in [2.45, 2.75) is 19.5 Å². The largest absolute Gasteiger partial charge is 0.378 e. The van der Waals surface area contributed by atoms with Crippen LogP contribution in [0.5, 0.6) is 0 Å². The Balaban J connectivity index is 1.35. The van der Waals surface area contributed by atoms with Crippen molar-refractivity contribution >= 4 is 16.6 Å². The molecule has 3 aromatic carbocycles. The van der Waals surface area contributed by atoms with Gasteiger partial charge < -0.3 is 19.7 Å². The third-order valence-electron chi connectivity index (χ3n) is 7.51. The van der Waals surface area contributed by atoms with Gasteiger partial charge in [-0.3, -0.25) is 4.79 Å². The molecule has 0 amide bonds. The minimum Gasteiger partial charge on any atom is -0.378 e. The van der Waals surface area contributed by atoms with Gasteiger partial charge in [0.2, 0.25) is 0 Å². The number of piperazine rings is 1. The van der Waals surface area contributed by atoms with Crippen LogP contribution in [-0.2, 0) is 6.54 Å². The van der Waals surface area contributed by atoms with Crippen molar-refractivity contribution in [1.82, 2.24) is 4.98 Å². The average molecular weight is 469 g/mol. The SMILES string of the molecule is Cc1[nH]c2ccc(N(C)C)cc2c(=O)c1C[NH+]1CC[NH+](C(c2ccccc2)c2ccccc2)CC1. The second-order valence-electron chi connectivity index (χ2n) is 10.0. The van der Waals surface area contributed by atoms with Gasteiger partial charge >= 0.3 is 0 Å². The zero-order valence-electron chi connectivity index (χ0n) is 21.0. The van der Waals surface area contributed by atoms with Crippen molar-refractivity contribution < 1.29 is 9.80 Å². The average Bonchev–Trinajstić information content (AvgIpc) is 2.88. The van der Waals surface area contributed by atoms with Crippen LogP contribution in [0.2, 0.25) is 0 Å². The van der Waals surface area contributed by atoms with E-state index in [1.165, 1.54) is 16.0 Å². The number of aromatic nitrogens is 1. The highest BCUT2D eigenvalue weighted by Crippen LogP contribution is 2.20. The van der Waals surface area contributed by atoms with Crippen molar-refractivity contribution in [2.75, 3.05) is 45.2 Å². The maximum absolute atomic E-state index is 13.5. The second-order valence-corrected chi connectivity index (χ2v) is 10.0. The van der Waals surface area contributed by atoms with Crippen molar-refractivity contribution in [2.24, 2.45) is 0 Å². The van der Waals surface area contributed by atoms with Gasteiger partial charge in [-0.15, -0.1) is 0 Å². The van der Waals surface area contributed by atoms with Crippen LogP contribution < -0.4 is 20.1 Å². The number of quaternary nitrogens is 2. The number of hydrogen-bond acceptors (Lipinski definition) is 2. The van der Waals surface area contributed by atoms with Gasteiger partial charge in [0, 0.05) is 47.5 Å². The molecule has 1 fully saturated rings. The third kappa shape index (κ3) is 4.88. The van der Waals surface area contributed by atoms with Crippen molar-refractivity contribution in [1.29, 1.82) is 0 Å². The Labute approximate surface area is 207 Å². The summed E-state index contributed by atoms with van der Waals surface area (Å²) < 4.78 is 0. The Morgan fingerprint density at radius 2 is 1.46 bits per heavy atom. The molecule has 1 aromatic heterocycles. The number of aryl methyl sites for hydroxylation is 1. The maximum Gasteiger partial charge on any atom is 0.198 e. The van der Waals surface area contributed by atoms with Crippen LogP contribution in [0.4, 0.5) is 5.69 Å². The first-order valence-electron chi connectivity index (χ1n) is 12.6. The van der Waals surface area contributed by atoms with Crippen molar-refractivity contribution in [3.8, 4) is 0 Å². The quantitative estimate of drug-likeness (QED) is 0.405. The number of hydrogen-bond donors (Lipinski definition) is 3. The van der Waals surface area contributed by atoms with Gasteiger partial charge in [0.05, 0.1) is 5.56 Å². The molecule has 1 aliphatic rings. The van der Waals surface area contributed by atoms with Crippen molar-refractivity contribution in [3.63, 3.8) is 0 Å². The van der Waals surface area contributed by atoms with Crippen LogP contribution in [0, 0.1) is 6.92 Å². The number of nitrogens with zero attached hydrogens (tertiary/aromatic N) is 1. The van der Waals surface area contributed by atoms with Crippen LogP contribution in [0.1, 0.15) is 28.4 Å². The minimum absolute atomic E-state index is 0.175. The fourth-order valence-electron chi connectivity index (χ4n) is 5.53. The topological polar surface area (TPSA) is 45.0 Å². The number of anilines is 1. The summed E-state index contributed by atoms with van der Waals surface area (Å²) in [7, 11) is 4.02. The van der Waals surface area contributed by atoms with E-state index in [1.54, 1.807) is 4.90 Å². The molecule has 0 spiro atoms. The van der Waals surface area contributed by atoms with E-state index in [2.05, 4.69) is 71.7 Å². The van der Waals surface area contributed by atoms with Crippen LogP contribution in [0.15, 0.2) is 83.7 Å². The fraction of sp³-hybridized carbons (Fsp3) is 0.300. The van der Waals surface area contributed by atoms with Crippen LogP contribution >= 0.6 is 0 Å². The molecule has 1 saturated heterocycles. The number of fused-ring (bicyclic) bond motifs is 1. The van der Waals surface area contributed by atoms with Crippen LogP contribution in [-0.4, -0.2) is 45.3 Å². The minimum atomic E-state index is 0.175. The maximum atomic E-state index is 13.5. The summed E-state index contributed by atoms with van der Waals surface area (Å²) in [5.74, 6) is 0. The van der Waals surface area contributed by atoms with Gasteiger partial charge in [-0.2, -0.15) is 0 Å². The van der Waals surface area contributed by atoms with Crippen LogP contribution in [0.25, 0.3) is 10.9 Å². The molecule has 1 aliphatic heterocycles. The Hall–Kier alpha value is -3.41. The Morgan fingerprint density at radius 3 is 2.03 bits per heavy atom. The number of aromatic amines is 1. The third-order valence-corrected chi connectivity index (χ3v) is 7.51. The van der Waals surface area contributed by atoms with E-state index in [9.17, 15) is 4.79 Å². The normalized spacial score (nSPS) is 18.2. The summed E-state index contributed by atoms with van der Waals surface area (Å²) in [6, 6.07) is 28.2. The van der Waals surface area contributed by atoms with E-state index in [1.807, 2.05) is 38.1 Å². The highest BCUT2D eigenvalue weighted by Gasteiger charge is 2.32. The summed E-state index contributed by atoms with van der Waals surface area (Å²) in [5.41, 5.74) is 6.80. The lowest BCUT2D eigenvalue weighted by Gasteiger charge is -2.35. The molecule has 0 saturated carbocycles. The summed E-state index contributed by atoms with van der Waals surface area (Å²) in [5, 5.41) is 0.786. The highest BCUT2D eigenvalue weighted by molar-refractivity contribution is 5.83. The lowest BCUT2D eigenvalue weighted by Crippen LogP contribution is -3.27. The lowest BCUT2D eigenvalue weighted by molar-refractivity contribution is -1.03. The van der Waals surface area contributed by atoms with E-state index in [0.717, 1.165) is 60.6 Å². The summed E-state index contributed by atoms with van der Waals surface area (Å²) >= 11 is 0. The molecule has 0 atom stereocenters. The summed E-state index contributed by atoms with van der Waals surface area (Å²) in [6.45, 7) is 7.09. The summed E-state index contributed by atoms with van der Waals surface area (Å²) in [4.78, 5) is 22.1. The summed E-state index contributed by atoms with van der Waals surface area (Å²) in [6.07, 6.45) is 0. The van der Waals surface area contributed by atoms with Gasteiger partial charge in [0.1, 0.15) is 38.8 Å². The number of nitrogens with one attached hydrogen (secondary N) is 3. The molecule has 5 nitrogen and oxygen atoms in total. The van der Waals surface area contributed by atoms with Gasteiger partial charge in [0.25, 0.3) is 0 Å². The molecule has 0 aliphatic carbocycles. The smallest absolute Gasteiger partial charge is 0.198 e. The molecule has 0 radical (unpaired) electrons. The first-order valence-corrected chi connectivity index (χ1v) is 12.6. The van der Waals surface area contributed by atoms with Gasteiger partial charge in [-0.05, 0) is 25.1 Å². The highest BCUT2D eigenvalue weighted by atomic mass is 16.1. The number of H-pyrrole nitrogens is 1. The van der Waals surface area contributed by atoms with Gasteiger partial charge in [-0.25, -0.2) is 0 Å². The molecule has 5 heteroatoms. The fourth-order valence-corrected chi connectivity index (χ4v) is 5.53. The monoisotopic (exact) mass is 468 g/mol. The predicted octanol–water partition coefficient (Wildman–Crippen LogP) is 1.98. The van der Waals surface area contributed by atoms with E-state index in [-0.39, 0.29) is 5.43 Å². The molecule has 0 bridgehead atoms.